The van der Waals surface area contributed by atoms with Gasteiger partial charge in [0.25, 0.3) is 5.22 Å². The minimum absolute atomic E-state index is 0.0151. The van der Waals surface area contributed by atoms with Gasteiger partial charge in [-0.15, -0.1) is 10.2 Å². The maximum Gasteiger partial charge on any atom is 0.342 e. The lowest BCUT2D eigenvalue weighted by Crippen LogP contribution is -1.96. The molecule has 0 bridgehead atoms. The third kappa shape index (κ3) is 4.25. The molecule has 0 fully saturated rings. The van der Waals surface area contributed by atoms with E-state index in [0.717, 1.165) is 17.3 Å². The molecule has 0 saturated carbocycles. The fraction of sp³-hybridized carbons (Fsp3) is 0.0625. The summed E-state index contributed by atoms with van der Waals surface area (Å²) in [7, 11) is 0. The van der Waals surface area contributed by atoms with Crippen molar-refractivity contribution in [3.63, 3.8) is 0 Å². The number of hydrogen-bond acceptors (Lipinski definition) is 6. The number of benzene rings is 1. The van der Waals surface area contributed by atoms with Gasteiger partial charge in [-0.1, -0.05) is 23.2 Å². The Morgan fingerprint density at radius 2 is 1.96 bits per heavy atom. The number of furan rings is 1. The quantitative estimate of drug-likeness (QED) is 0.470. The number of thioether (sulfide) groups is 1. The topological polar surface area (TPSA) is 89.4 Å². The molecule has 128 valence electrons. The lowest BCUT2D eigenvalue weighted by atomic mass is 10.2. The normalized spacial score (nSPS) is 11.7. The first-order chi connectivity index (χ1) is 11.9. The van der Waals surface area contributed by atoms with Crippen LogP contribution in [0.1, 0.15) is 11.7 Å². The summed E-state index contributed by atoms with van der Waals surface area (Å²) in [6.45, 7) is 1.62. The van der Waals surface area contributed by atoms with Crippen LogP contribution in [-0.4, -0.2) is 21.3 Å². The Morgan fingerprint density at radius 3 is 2.60 bits per heavy atom. The molecular weight excluding hydrogens is 387 g/mol. The number of carbonyl (C=O) groups is 1. The summed E-state index contributed by atoms with van der Waals surface area (Å²) in [5, 5.41) is 17.8. The Labute approximate surface area is 156 Å². The van der Waals surface area contributed by atoms with Crippen LogP contribution in [0.5, 0.6) is 0 Å². The van der Waals surface area contributed by atoms with Crippen LogP contribution >= 0.6 is 35.0 Å². The van der Waals surface area contributed by atoms with E-state index in [4.69, 9.17) is 32.0 Å². The molecule has 0 aliphatic carbocycles. The molecule has 2 heterocycles. The van der Waals surface area contributed by atoms with Crippen LogP contribution in [0.15, 0.2) is 49.3 Å². The molecule has 0 saturated heterocycles. The monoisotopic (exact) mass is 396 g/mol. The van der Waals surface area contributed by atoms with Gasteiger partial charge in [-0.2, -0.15) is 0 Å². The summed E-state index contributed by atoms with van der Waals surface area (Å²) in [5.41, 5.74) is 0.728. The first-order valence-corrected chi connectivity index (χ1v) is 8.48. The Bertz CT molecular complexity index is 965. The van der Waals surface area contributed by atoms with Crippen LogP contribution in [0, 0.1) is 6.92 Å². The Morgan fingerprint density at radius 1 is 1.16 bits per heavy atom. The van der Waals surface area contributed by atoms with Crippen LogP contribution < -0.4 is 0 Å². The second kappa shape index (κ2) is 7.35. The van der Waals surface area contributed by atoms with Gasteiger partial charge in [-0.3, -0.25) is 0 Å². The highest BCUT2D eigenvalue weighted by molar-refractivity contribution is 8.03. The van der Waals surface area contributed by atoms with Crippen molar-refractivity contribution in [2.45, 2.75) is 12.1 Å². The predicted octanol–water partition coefficient (Wildman–Crippen LogP) is 5.16. The van der Waals surface area contributed by atoms with Gasteiger partial charge in [0.2, 0.25) is 5.89 Å². The lowest BCUT2D eigenvalue weighted by molar-refractivity contribution is -0.131. The lowest BCUT2D eigenvalue weighted by Gasteiger charge is -2.00. The van der Waals surface area contributed by atoms with Gasteiger partial charge >= 0.3 is 5.97 Å². The number of hydrogen-bond donors (Lipinski definition) is 1. The zero-order chi connectivity index (χ0) is 18.0. The van der Waals surface area contributed by atoms with Crippen LogP contribution in [0.25, 0.3) is 17.4 Å². The van der Waals surface area contributed by atoms with E-state index in [1.165, 1.54) is 6.08 Å². The van der Waals surface area contributed by atoms with Crippen molar-refractivity contribution in [1.82, 2.24) is 10.2 Å². The molecule has 0 atom stereocenters. The predicted molar refractivity (Wildman–Crippen MR) is 94.7 cm³/mol. The van der Waals surface area contributed by atoms with Gasteiger partial charge in [0.05, 0.1) is 10.0 Å². The van der Waals surface area contributed by atoms with Crippen LogP contribution in [0.3, 0.4) is 0 Å². The molecule has 0 spiro atoms. The van der Waals surface area contributed by atoms with Crippen LogP contribution in [0.2, 0.25) is 10.0 Å². The molecule has 3 rings (SSSR count). The molecular formula is C16H10Cl2N2O4S. The zero-order valence-electron chi connectivity index (χ0n) is 12.7. The SMILES string of the molecule is Cc1nnc(S/C(=C/c2ccc(-c3ccc(Cl)c(Cl)c3)o2)C(=O)O)o1. The standard InChI is InChI=1S/C16H10Cl2N2O4S/c1-8-19-20-16(23-8)25-14(15(21)22)7-10-3-5-13(24-10)9-2-4-11(17)12(18)6-9/h2-7H,1H3,(H,21,22)/b14-7+. The van der Waals surface area contributed by atoms with Gasteiger partial charge in [0.15, 0.2) is 0 Å². The largest absolute Gasteiger partial charge is 0.477 e. The van der Waals surface area contributed by atoms with Crippen LogP contribution in [-0.2, 0) is 4.79 Å². The summed E-state index contributed by atoms with van der Waals surface area (Å²) in [6, 6.07) is 8.46. The van der Waals surface area contributed by atoms with Gasteiger partial charge in [-0.05, 0) is 42.1 Å². The zero-order valence-corrected chi connectivity index (χ0v) is 15.0. The second-order valence-corrected chi connectivity index (χ2v) is 6.64. The third-order valence-corrected chi connectivity index (χ3v) is 4.61. The van der Waals surface area contributed by atoms with E-state index in [1.807, 2.05) is 0 Å². The van der Waals surface area contributed by atoms with E-state index in [0.29, 0.717) is 27.5 Å². The molecule has 2 aromatic heterocycles. The van der Waals surface area contributed by atoms with E-state index >= 15 is 0 Å². The highest BCUT2D eigenvalue weighted by Crippen LogP contribution is 2.32. The fourth-order valence-electron chi connectivity index (χ4n) is 1.91. The molecule has 3 aromatic rings. The number of aryl methyl sites for hydroxylation is 1. The molecule has 6 nitrogen and oxygen atoms in total. The van der Waals surface area contributed by atoms with Gasteiger partial charge < -0.3 is 13.9 Å². The highest BCUT2D eigenvalue weighted by atomic mass is 35.5. The Balaban J connectivity index is 1.87. The summed E-state index contributed by atoms with van der Waals surface area (Å²) < 4.78 is 10.8. The molecule has 0 radical (unpaired) electrons. The number of halogens is 2. The molecule has 1 N–H and O–H groups in total. The van der Waals surface area contributed by atoms with E-state index in [9.17, 15) is 9.90 Å². The molecule has 0 amide bonds. The number of aromatic nitrogens is 2. The highest BCUT2D eigenvalue weighted by Gasteiger charge is 2.15. The van der Waals surface area contributed by atoms with E-state index < -0.39 is 5.97 Å². The molecule has 25 heavy (non-hydrogen) atoms. The number of carboxylic acid groups (broad SMARTS) is 1. The minimum atomic E-state index is -1.13. The average Bonchev–Trinajstić information content (AvgIpc) is 3.18. The molecule has 0 aliphatic heterocycles. The summed E-state index contributed by atoms with van der Waals surface area (Å²) in [5.74, 6) is 0.121. The summed E-state index contributed by atoms with van der Waals surface area (Å²) in [6.07, 6.45) is 1.38. The maximum absolute atomic E-state index is 11.4. The van der Waals surface area contributed by atoms with Crippen molar-refractivity contribution < 1.29 is 18.7 Å². The smallest absolute Gasteiger partial charge is 0.342 e. The number of carboxylic acids is 1. The summed E-state index contributed by atoms with van der Waals surface area (Å²) >= 11 is 12.7. The fourth-order valence-corrected chi connectivity index (χ4v) is 2.91. The maximum atomic E-state index is 11.4. The molecule has 1 aromatic carbocycles. The van der Waals surface area contributed by atoms with Gasteiger partial charge in [0, 0.05) is 18.6 Å². The first-order valence-electron chi connectivity index (χ1n) is 6.90. The Hall–Kier alpha value is -2.22. The second-order valence-electron chi connectivity index (χ2n) is 4.83. The minimum Gasteiger partial charge on any atom is -0.477 e. The van der Waals surface area contributed by atoms with Crippen molar-refractivity contribution >= 4 is 47.0 Å². The van der Waals surface area contributed by atoms with Crippen molar-refractivity contribution in [1.29, 1.82) is 0 Å². The van der Waals surface area contributed by atoms with Gasteiger partial charge in [0.1, 0.15) is 16.4 Å². The number of aliphatic carboxylic acids is 1. The molecule has 0 aliphatic rings. The van der Waals surface area contributed by atoms with Crippen molar-refractivity contribution in [2.24, 2.45) is 0 Å². The first kappa shape index (κ1) is 17.6. The van der Waals surface area contributed by atoms with E-state index in [1.54, 1.807) is 37.3 Å². The Kier molecular flexibility index (Phi) is 5.17. The van der Waals surface area contributed by atoms with Crippen molar-refractivity contribution in [3.8, 4) is 11.3 Å². The third-order valence-electron chi connectivity index (χ3n) is 3.02. The summed E-state index contributed by atoms with van der Waals surface area (Å²) in [4.78, 5) is 11.4. The van der Waals surface area contributed by atoms with Crippen LogP contribution in [0.4, 0.5) is 0 Å². The average molecular weight is 397 g/mol. The molecule has 9 heteroatoms. The number of nitrogens with zero attached hydrogens (tertiary/aromatic N) is 2. The van der Waals surface area contributed by atoms with E-state index in [-0.39, 0.29) is 10.1 Å². The van der Waals surface area contributed by atoms with Crippen molar-refractivity contribution in [3.05, 3.63) is 56.9 Å². The van der Waals surface area contributed by atoms with E-state index in [2.05, 4.69) is 10.2 Å². The van der Waals surface area contributed by atoms with Gasteiger partial charge in [-0.25, -0.2) is 4.79 Å². The number of rotatable bonds is 5. The molecule has 0 unspecified atom stereocenters. The van der Waals surface area contributed by atoms with Crippen molar-refractivity contribution in [2.75, 3.05) is 0 Å².